The number of para-hydroxylation sites is 3. The van der Waals surface area contributed by atoms with Crippen LogP contribution in [-0.2, 0) is 4.79 Å². The van der Waals surface area contributed by atoms with Gasteiger partial charge in [-0.1, -0.05) is 53.4 Å². The third kappa shape index (κ3) is 4.92. The van der Waals surface area contributed by atoms with E-state index < -0.39 is 0 Å². The molecule has 8 nitrogen and oxygen atoms in total. The van der Waals surface area contributed by atoms with Gasteiger partial charge in [0.1, 0.15) is 5.75 Å². The second kappa shape index (κ2) is 9.84. The fourth-order valence-electron chi connectivity index (χ4n) is 3.13. The lowest BCUT2D eigenvalue weighted by atomic mass is 10.3. The molecule has 10 heteroatoms. The predicted molar refractivity (Wildman–Crippen MR) is 129 cm³/mol. The van der Waals surface area contributed by atoms with E-state index in [0.717, 1.165) is 34.2 Å². The summed E-state index contributed by atoms with van der Waals surface area (Å²) in [7, 11) is 1.62. The van der Waals surface area contributed by atoms with E-state index in [1.165, 1.54) is 23.1 Å². The van der Waals surface area contributed by atoms with Crippen LogP contribution in [0.4, 0.5) is 16.5 Å². The number of carbonyl (C=O) groups is 1. The molecule has 32 heavy (non-hydrogen) atoms. The highest BCUT2D eigenvalue weighted by Gasteiger charge is 2.16. The van der Waals surface area contributed by atoms with Crippen molar-refractivity contribution in [3.63, 3.8) is 0 Å². The highest BCUT2D eigenvalue weighted by atomic mass is 32.2. The Balaban J connectivity index is 1.37. The summed E-state index contributed by atoms with van der Waals surface area (Å²) in [5.41, 5.74) is 4.14. The third-order valence-electron chi connectivity index (χ3n) is 4.64. The van der Waals surface area contributed by atoms with Crippen molar-refractivity contribution in [1.82, 2.24) is 20.0 Å². The molecule has 0 unspecified atom stereocenters. The minimum Gasteiger partial charge on any atom is -0.495 e. The number of aromatic nitrogens is 4. The number of aryl methyl sites for hydroxylation is 1. The maximum Gasteiger partial charge on any atom is 0.234 e. The summed E-state index contributed by atoms with van der Waals surface area (Å²) in [4.78, 5) is 12.6. The first-order valence-corrected chi connectivity index (χ1v) is 11.6. The molecule has 0 fully saturated rings. The number of hydrogen-bond donors (Lipinski definition) is 2. The molecule has 4 aromatic rings. The Morgan fingerprint density at radius 2 is 1.84 bits per heavy atom. The molecule has 0 aliphatic heterocycles. The van der Waals surface area contributed by atoms with Gasteiger partial charge in [-0.25, -0.2) is 4.68 Å². The maximum atomic E-state index is 12.6. The zero-order valence-corrected chi connectivity index (χ0v) is 19.5. The van der Waals surface area contributed by atoms with Gasteiger partial charge >= 0.3 is 0 Å². The van der Waals surface area contributed by atoms with Crippen LogP contribution in [-0.4, -0.2) is 38.7 Å². The Labute approximate surface area is 194 Å². The van der Waals surface area contributed by atoms with Gasteiger partial charge in [0.15, 0.2) is 4.34 Å². The molecule has 4 rings (SSSR count). The molecule has 0 atom stereocenters. The minimum atomic E-state index is -0.122. The summed E-state index contributed by atoms with van der Waals surface area (Å²) >= 11 is 2.72. The molecule has 2 aromatic heterocycles. The third-order valence-corrected chi connectivity index (χ3v) is 6.61. The second-order valence-corrected chi connectivity index (χ2v) is 9.03. The quantitative estimate of drug-likeness (QED) is 0.359. The number of benzene rings is 2. The predicted octanol–water partition coefficient (Wildman–Crippen LogP) is 4.82. The number of amides is 1. The molecule has 0 radical (unpaired) electrons. The van der Waals surface area contributed by atoms with E-state index in [-0.39, 0.29) is 11.7 Å². The highest BCUT2D eigenvalue weighted by Crippen LogP contribution is 2.31. The topological polar surface area (TPSA) is 94.0 Å². The molecule has 0 spiro atoms. The van der Waals surface area contributed by atoms with Crippen LogP contribution >= 0.6 is 23.1 Å². The molecule has 0 saturated carbocycles. The van der Waals surface area contributed by atoms with E-state index in [4.69, 9.17) is 4.74 Å². The van der Waals surface area contributed by atoms with Gasteiger partial charge in [0.05, 0.1) is 41.3 Å². The van der Waals surface area contributed by atoms with Gasteiger partial charge < -0.3 is 15.4 Å². The molecule has 0 bridgehead atoms. The van der Waals surface area contributed by atoms with Crippen LogP contribution in [0, 0.1) is 13.8 Å². The Morgan fingerprint density at radius 1 is 1.09 bits per heavy atom. The monoisotopic (exact) mass is 466 g/mol. The van der Waals surface area contributed by atoms with Gasteiger partial charge in [-0.3, -0.25) is 4.79 Å². The first-order valence-electron chi connectivity index (χ1n) is 9.83. The molecule has 0 aliphatic carbocycles. The van der Waals surface area contributed by atoms with Gasteiger partial charge in [0.2, 0.25) is 11.0 Å². The van der Waals surface area contributed by atoms with Crippen molar-refractivity contribution in [3.05, 3.63) is 66.0 Å². The van der Waals surface area contributed by atoms with Crippen molar-refractivity contribution < 1.29 is 9.53 Å². The van der Waals surface area contributed by atoms with Crippen LogP contribution in [0.3, 0.4) is 0 Å². The van der Waals surface area contributed by atoms with Gasteiger partial charge in [-0.2, -0.15) is 5.10 Å². The Morgan fingerprint density at radius 3 is 2.62 bits per heavy atom. The summed E-state index contributed by atoms with van der Waals surface area (Å²) in [6, 6.07) is 17.4. The van der Waals surface area contributed by atoms with E-state index in [1.807, 2.05) is 73.1 Å². The van der Waals surface area contributed by atoms with Crippen molar-refractivity contribution in [2.75, 3.05) is 23.5 Å². The number of nitrogens with one attached hydrogen (secondary N) is 2. The van der Waals surface area contributed by atoms with Crippen molar-refractivity contribution in [2.45, 2.75) is 18.2 Å². The first kappa shape index (κ1) is 21.8. The summed E-state index contributed by atoms with van der Waals surface area (Å²) < 4.78 is 7.87. The van der Waals surface area contributed by atoms with E-state index in [9.17, 15) is 4.79 Å². The van der Waals surface area contributed by atoms with Crippen LogP contribution in [0.15, 0.2) is 58.9 Å². The van der Waals surface area contributed by atoms with Crippen LogP contribution in [0.2, 0.25) is 0 Å². The number of anilines is 3. The maximum absolute atomic E-state index is 12.6. The van der Waals surface area contributed by atoms with Crippen LogP contribution in [0.1, 0.15) is 11.4 Å². The Hall–Kier alpha value is -3.37. The summed E-state index contributed by atoms with van der Waals surface area (Å²) in [6.45, 7) is 3.83. The molecule has 164 valence electrons. The Bertz CT molecular complexity index is 1220. The molecule has 2 heterocycles. The van der Waals surface area contributed by atoms with Crippen molar-refractivity contribution >= 4 is 45.5 Å². The van der Waals surface area contributed by atoms with E-state index >= 15 is 0 Å². The zero-order valence-electron chi connectivity index (χ0n) is 17.8. The van der Waals surface area contributed by atoms with Gasteiger partial charge in [-0.05, 0) is 38.1 Å². The smallest absolute Gasteiger partial charge is 0.234 e. The molecule has 0 aliphatic rings. The largest absolute Gasteiger partial charge is 0.495 e. The molecular weight excluding hydrogens is 444 g/mol. The van der Waals surface area contributed by atoms with Crippen molar-refractivity contribution in [1.29, 1.82) is 0 Å². The fraction of sp³-hybridized carbons (Fsp3) is 0.182. The Kier molecular flexibility index (Phi) is 6.72. The number of thioether (sulfide) groups is 1. The number of rotatable bonds is 8. The molecule has 2 aromatic carbocycles. The number of nitrogens with zero attached hydrogens (tertiary/aromatic N) is 4. The van der Waals surface area contributed by atoms with E-state index in [2.05, 4.69) is 25.9 Å². The summed E-state index contributed by atoms with van der Waals surface area (Å²) in [5.74, 6) is 0.819. The van der Waals surface area contributed by atoms with Crippen molar-refractivity contribution in [2.24, 2.45) is 0 Å². The van der Waals surface area contributed by atoms with E-state index in [0.29, 0.717) is 9.47 Å². The number of carbonyl (C=O) groups excluding carboxylic acids is 1. The van der Waals surface area contributed by atoms with Crippen LogP contribution < -0.4 is 15.4 Å². The highest BCUT2D eigenvalue weighted by molar-refractivity contribution is 8.01. The SMILES string of the molecule is COc1ccccc1Nc1nnc(SCC(=O)Nc2c(C)nn(-c3ccccc3)c2C)s1. The average molecular weight is 467 g/mol. The molecule has 0 saturated heterocycles. The molecular formula is C22H22N6O2S2. The van der Waals surface area contributed by atoms with Gasteiger partial charge in [0.25, 0.3) is 0 Å². The normalized spacial score (nSPS) is 10.7. The number of hydrogen-bond acceptors (Lipinski definition) is 8. The van der Waals surface area contributed by atoms with Crippen LogP contribution in [0.25, 0.3) is 5.69 Å². The number of ether oxygens (including phenoxy) is 1. The zero-order chi connectivity index (χ0) is 22.5. The standard InChI is InChI=1S/C22H22N6O2S2/c1-14-20(15(2)28(27-14)16-9-5-4-6-10-16)24-19(29)13-31-22-26-25-21(32-22)23-17-11-7-8-12-18(17)30-3/h4-12H,13H2,1-3H3,(H,23,25)(H,24,29). The lowest BCUT2D eigenvalue weighted by Crippen LogP contribution is -2.15. The minimum absolute atomic E-state index is 0.122. The lowest BCUT2D eigenvalue weighted by molar-refractivity contribution is -0.113. The summed E-state index contributed by atoms with van der Waals surface area (Å²) in [6.07, 6.45) is 0. The average Bonchev–Trinajstić information content (AvgIpc) is 3.38. The van der Waals surface area contributed by atoms with Gasteiger partial charge in [-0.15, -0.1) is 10.2 Å². The summed E-state index contributed by atoms with van der Waals surface area (Å²) in [5, 5.41) is 19.7. The molecule has 2 N–H and O–H groups in total. The first-order chi connectivity index (χ1) is 15.5. The van der Waals surface area contributed by atoms with Gasteiger partial charge in [0, 0.05) is 0 Å². The molecule has 1 amide bonds. The van der Waals surface area contributed by atoms with E-state index in [1.54, 1.807) is 7.11 Å². The second-order valence-electron chi connectivity index (χ2n) is 6.83. The lowest BCUT2D eigenvalue weighted by Gasteiger charge is -2.07. The fourth-order valence-corrected chi connectivity index (χ4v) is 4.69. The van der Waals surface area contributed by atoms with Crippen molar-refractivity contribution in [3.8, 4) is 11.4 Å². The van der Waals surface area contributed by atoms with Crippen LogP contribution in [0.5, 0.6) is 5.75 Å². The number of methoxy groups -OCH3 is 1.